The lowest BCUT2D eigenvalue weighted by atomic mass is 10.1. The molecule has 0 radical (unpaired) electrons. The van der Waals surface area contributed by atoms with E-state index in [-0.39, 0.29) is 11.8 Å². The van der Waals surface area contributed by atoms with E-state index in [0.717, 1.165) is 19.4 Å². The Labute approximate surface area is 126 Å². The quantitative estimate of drug-likeness (QED) is 0.795. The number of nitrogens with zero attached hydrogens (tertiary/aromatic N) is 2. The molecule has 0 saturated carbocycles. The van der Waals surface area contributed by atoms with Gasteiger partial charge in [-0.15, -0.1) is 0 Å². The van der Waals surface area contributed by atoms with Gasteiger partial charge in [-0.1, -0.05) is 36.8 Å². The number of nitrogens with one attached hydrogen (secondary N) is 1. The Bertz CT molecular complexity index is 563. The Kier molecular flexibility index (Phi) is 5.55. The summed E-state index contributed by atoms with van der Waals surface area (Å²) in [5.74, 6) is 0.0265. The number of hydrogen-bond donors (Lipinski definition) is 1. The van der Waals surface area contributed by atoms with Crippen molar-refractivity contribution in [2.75, 3.05) is 6.54 Å². The molecule has 0 aliphatic rings. The fourth-order valence-electron chi connectivity index (χ4n) is 2.32. The summed E-state index contributed by atoms with van der Waals surface area (Å²) in [6, 6.07) is 10.4. The van der Waals surface area contributed by atoms with E-state index >= 15 is 0 Å². The number of carbonyl (C=O) groups excluding carboxylic acids is 1. The van der Waals surface area contributed by atoms with Crippen LogP contribution in [0.25, 0.3) is 0 Å². The highest BCUT2D eigenvalue weighted by molar-refractivity contribution is 5.78. The van der Waals surface area contributed by atoms with Crippen LogP contribution < -0.4 is 5.32 Å². The van der Waals surface area contributed by atoms with Crippen molar-refractivity contribution in [1.29, 1.82) is 0 Å². The van der Waals surface area contributed by atoms with E-state index in [1.807, 2.05) is 19.2 Å². The van der Waals surface area contributed by atoms with Gasteiger partial charge in [0.05, 0.1) is 12.5 Å². The molecule has 4 heteroatoms. The third-order valence-electron chi connectivity index (χ3n) is 3.49. The molecule has 1 atom stereocenters. The summed E-state index contributed by atoms with van der Waals surface area (Å²) in [4.78, 5) is 12.0. The Morgan fingerprint density at radius 1 is 1.38 bits per heavy atom. The van der Waals surface area contributed by atoms with Crippen LogP contribution in [0, 0.1) is 12.8 Å². The fraction of sp³-hybridized carbons (Fsp3) is 0.412. The first-order valence-electron chi connectivity index (χ1n) is 7.46. The number of amides is 1. The molecule has 1 unspecified atom stereocenters. The number of benzene rings is 1. The first-order valence-corrected chi connectivity index (χ1v) is 7.46. The van der Waals surface area contributed by atoms with Gasteiger partial charge in [0.15, 0.2) is 0 Å². The van der Waals surface area contributed by atoms with E-state index in [2.05, 4.69) is 41.6 Å². The van der Waals surface area contributed by atoms with Gasteiger partial charge in [0.2, 0.25) is 5.91 Å². The molecule has 1 N–H and O–H groups in total. The highest BCUT2D eigenvalue weighted by Crippen LogP contribution is 2.06. The third kappa shape index (κ3) is 5.06. The number of aromatic nitrogens is 2. The normalized spacial score (nSPS) is 12.1. The minimum absolute atomic E-state index is 0.0659. The van der Waals surface area contributed by atoms with Gasteiger partial charge in [-0.05, 0) is 31.4 Å². The van der Waals surface area contributed by atoms with Crippen LogP contribution in [0.5, 0.6) is 0 Å². The van der Waals surface area contributed by atoms with Gasteiger partial charge >= 0.3 is 0 Å². The van der Waals surface area contributed by atoms with E-state index in [1.54, 1.807) is 10.9 Å². The number of carbonyl (C=O) groups is 1. The van der Waals surface area contributed by atoms with Crippen LogP contribution in [0.15, 0.2) is 42.7 Å². The molecule has 21 heavy (non-hydrogen) atoms. The van der Waals surface area contributed by atoms with Gasteiger partial charge in [-0.25, -0.2) is 0 Å². The number of aryl methyl sites for hydroxylation is 2. The zero-order chi connectivity index (χ0) is 15.1. The van der Waals surface area contributed by atoms with Gasteiger partial charge < -0.3 is 5.32 Å². The Balaban J connectivity index is 1.67. The predicted octanol–water partition coefficient (Wildman–Crippen LogP) is 2.58. The summed E-state index contributed by atoms with van der Waals surface area (Å²) < 4.78 is 1.79. The maximum absolute atomic E-state index is 12.0. The lowest BCUT2D eigenvalue weighted by molar-refractivity contribution is -0.124. The number of rotatable bonds is 7. The molecule has 0 aliphatic carbocycles. The van der Waals surface area contributed by atoms with Crippen LogP contribution in [0.1, 0.15) is 24.5 Å². The average molecular weight is 285 g/mol. The molecule has 4 nitrogen and oxygen atoms in total. The minimum atomic E-state index is -0.0659. The largest absolute Gasteiger partial charge is 0.356 e. The predicted molar refractivity (Wildman–Crippen MR) is 83.9 cm³/mol. The second-order valence-electron chi connectivity index (χ2n) is 5.51. The first kappa shape index (κ1) is 15.3. The summed E-state index contributed by atoms with van der Waals surface area (Å²) in [6.45, 7) is 5.37. The Morgan fingerprint density at radius 2 is 2.24 bits per heavy atom. The monoisotopic (exact) mass is 285 g/mol. The second kappa shape index (κ2) is 7.62. The van der Waals surface area contributed by atoms with E-state index in [1.165, 1.54) is 11.1 Å². The van der Waals surface area contributed by atoms with E-state index in [0.29, 0.717) is 6.54 Å². The molecule has 1 aromatic heterocycles. The van der Waals surface area contributed by atoms with Gasteiger partial charge in [-0.2, -0.15) is 5.10 Å². The second-order valence-corrected chi connectivity index (χ2v) is 5.51. The van der Waals surface area contributed by atoms with Gasteiger partial charge in [0, 0.05) is 18.9 Å². The lowest BCUT2D eigenvalue weighted by Crippen LogP contribution is -2.32. The molecule has 0 saturated heterocycles. The lowest BCUT2D eigenvalue weighted by Gasteiger charge is -2.12. The summed E-state index contributed by atoms with van der Waals surface area (Å²) in [7, 11) is 0. The summed E-state index contributed by atoms with van der Waals surface area (Å²) in [5, 5.41) is 7.12. The number of hydrogen-bond acceptors (Lipinski definition) is 2. The smallest absolute Gasteiger partial charge is 0.224 e. The maximum atomic E-state index is 12.0. The van der Waals surface area contributed by atoms with Crippen molar-refractivity contribution in [2.45, 2.75) is 33.2 Å². The molecule has 1 amide bonds. The van der Waals surface area contributed by atoms with Crippen molar-refractivity contribution in [3.8, 4) is 0 Å². The van der Waals surface area contributed by atoms with E-state index in [4.69, 9.17) is 0 Å². The summed E-state index contributed by atoms with van der Waals surface area (Å²) in [5.41, 5.74) is 2.61. The van der Waals surface area contributed by atoms with Crippen molar-refractivity contribution in [1.82, 2.24) is 15.1 Å². The fourth-order valence-corrected chi connectivity index (χ4v) is 2.32. The molecule has 0 fully saturated rings. The Morgan fingerprint density at radius 3 is 2.95 bits per heavy atom. The Hall–Kier alpha value is -2.10. The van der Waals surface area contributed by atoms with Crippen LogP contribution in [0.4, 0.5) is 0 Å². The molecule has 1 aromatic carbocycles. The van der Waals surface area contributed by atoms with Crippen molar-refractivity contribution >= 4 is 5.91 Å². The minimum Gasteiger partial charge on any atom is -0.356 e. The van der Waals surface area contributed by atoms with Crippen LogP contribution in [0.2, 0.25) is 0 Å². The third-order valence-corrected chi connectivity index (χ3v) is 3.49. The molecule has 2 rings (SSSR count). The maximum Gasteiger partial charge on any atom is 0.224 e. The van der Waals surface area contributed by atoms with Crippen LogP contribution in [-0.2, 0) is 17.8 Å². The topological polar surface area (TPSA) is 46.9 Å². The highest BCUT2D eigenvalue weighted by atomic mass is 16.1. The average Bonchev–Trinajstić information content (AvgIpc) is 2.96. The van der Waals surface area contributed by atoms with Crippen molar-refractivity contribution < 1.29 is 4.79 Å². The van der Waals surface area contributed by atoms with Crippen molar-refractivity contribution in [3.63, 3.8) is 0 Å². The highest BCUT2D eigenvalue weighted by Gasteiger charge is 2.12. The molecule has 0 aliphatic heterocycles. The SMILES string of the molecule is Cc1cccc(CCCNC(=O)C(C)Cn2cccn2)c1. The van der Waals surface area contributed by atoms with Gasteiger partial charge in [0.25, 0.3) is 0 Å². The zero-order valence-corrected chi connectivity index (χ0v) is 12.7. The molecule has 2 aromatic rings. The standard InChI is InChI=1S/C17H23N3O/c1-14-6-3-7-16(12-14)8-4-9-18-17(21)15(2)13-20-11-5-10-19-20/h3,5-7,10-12,15H,4,8-9,13H2,1-2H3,(H,18,21). The van der Waals surface area contributed by atoms with Gasteiger partial charge in [-0.3, -0.25) is 9.48 Å². The van der Waals surface area contributed by atoms with Gasteiger partial charge in [0.1, 0.15) is 0 Å². The van der Waals surface area contributed by atoms with E-state index in [9.17, 15) is 4.79 Å². The van der Waals surface area contributed by atoms with Crippen LogP contribution in [0.3, 0.4) is 0 Å². The first-order chi connectivity index (χ1) is 10.1. The van der Waals surface area contributed by atoms with Crippen LogP contribution >= 0.6 is 0 Å². The molecule has 112 valence electrons. The molecule has 0 spiro atoms. The van der Waals surface area contributed by atoms with Crippen molar-refractivity contribution in [3.05, 3.63) is 53.9 Å². The molecule has 1 heterocycles. The molecule has 0 bridgehead atoms. The zero-order valence-electron chi connectivity index (χ0n) is 12.7. The summed E-state index contributed by atoms with van der Waals surface area (Å²) >= 11 is 0. The molecular formula is C17H23N3O. The summed E-state index contributed by atoms with van der Waals surface area (Å²) in [6.07, 6.45) is 5.56. The van der Waals surface area contributed by atoms with Crippen molar-refractivity contribution in [2.24, 2.45) is 5.92 Å². The van der Waals surface area contributed by atoms with E-state index < -0.39 is 0 Å². The van der Waals surface area contributed by atoms with Crippen LogP contribution in [-0.4, -0.2) is 22.2 Å². The molecular weight excluding hydrogens is 262 g/mol.